The van der Waals surface area contributed by atoms with Crippen LogP contribution in [0.2, 0.25) is 0 Å². The van der Waals surface area contributed by atoms with Crippen LogP contribution in [0.5, 0.6) is 0 Å². The normalized spacial score (nSPS) is 33.6. The lowest BCUT2D eigenvalue weighted by atomic mass is 9.99. The molecule has 0 aromatic heterocycles. The molecule has 70 valence electrons. The van der Waals surface area contributed by atoms with Crippen LogP contribution in [0.3, 0.4) is 0 Å². The monoisotopic (exact) mass is 210 g/mol. The summed E-state index contributed by atoms with van der Waals surface area (Å²) in [5.74, 6) is 0.0843. The maximum Gasteiger partial charge on any atom is 0.156 e. The van der Waals surface area contributed by atoms with Crippen LogP contribution in [0.4, 0.5) is 0 Å². The Balaban J connectivity index is 2.63. The van der Waals surface area contributed by atoms with Crippen LogP contribution in [-0.2, 0) is 9.53 Å². The molecule has 0 aromatic carbocycles. The number of hydrogen-bond donors (Lipinski definition) is 0. The predicted octanol–water partition coefficient (Wildman–Crippen LogP) is 2.17. The van der Waals surface area contributed by atoms with Crippen LogP contribution >= 0.6 is 23.2 Å². The van der Waals surface area contributed by atoms with E-state index in [1.165, 1.54) is 0 Å². The third-order valence-corrected chi connectivity index (χ3v) is 3.21. The van der Waals surface area contributed by atoms with Crippen LogP contribution in [0.25, 0.3) is 0 Å². The molecule has 0 N–H and O–H groups in total. The van der Waals surface area contributed by atoms with Gasteiger partial charge in [-0.2, -0.15) is 0 Å². The molecule has 2 atom stereocenters. The molecule has 0 saturated carbocycles. The predicted molar refractivity (Wildman–Crippen MR) is 48.6 cm³/mol. The van der Waals surface area contributed by atoms with E-state index in [-0.39, 0.29) is 5.92 Å². The van der Waals surface area contributed by atoms with Crippen molar-refractivity contribution in [2.45, 2.75) is 30.2 Å². The Morgan fingerprint density at radius 1 is 1.67 bits per heavy atom. The summed E-state index contributed by atoms with van der Waals surface area (Å²) in [7, 11) is 0. The van der Waals surface area contributed by atoms with Gasteiger partial charge in [0.15, 0.2) is 10.6 Å². The number of aldehydes is 1. The molecule has 0 amide bonds. The Morgan fingerprint density at radius 2 is 2.33 bits per heavy atom. The van der Waals surface area contributed by atoms with Crippen molar-refractivity contribution >= 4 is 29.5 Å². The third kappa shape index (κ3) is 1.76. The number of hydrogen-bond acceptors (Lipinski definition) is 2. The molecule has 1 heterocycles. The molecular weight excluding hydrogens is 199 g/mol. The summed E-state index contributed by atoms with van der Waals surface area (Å²) < 4.78 is 4.13. The highest BCUT2D eigenvalue weighted by Crippen LogP contribution is 2.42. The lowest BCUT2D eigenvalue weighted by molar-refractivity contribution is -0.115. The highest BCUT2D eigenvalue weighted by atomic mass is 35.5. The first kappa shape index (κ1) is 10.3. The number of ether oxygens (including phenoxy) is 1. The molecule has 1 rings (SSSR count). The zero-order chi connectivity index (χ0) is 9.19. The van der Waals surface area contributed by atoms with Crippen LogP contribution in [-0.4, -0.2) is 23.3 Å². The first-order valence-corrected chi connectivity index (χ1v) is 4.83. The van der Waals surface area contributed by atoms with E-state index in [1.54, 1.807) is 0 Å². The van der Waals surface area contributed by atoms with Gasteiger partial charge in [-0.1, -0.05) is 36.5 Å². The Kier molecular flexibility index (Phi) is 3.38. The minimum absolute atomic E-state index is 0.0843. The van der Waals surface area contributed by atoms with Crippen molar-refractivity contribution in [1.82, 2.24) is 0 Å². The number of carbonyl (C=O) groups is 1. The van der Waals surface area contributed by atoms with E-state index in [2.05, 4.69) is 6.92 Å². The van der Waals surface area contributed by atoms with E-state index in [0.717, 1.165) is 12.8 Å². The topological polar surface area (TPSA) is 26.3 Å². The third-order valence-electron chi connectivity index (χ3n) is 2.16. The van der Waals surface area contributed by atoms with Crippen LogP contribution in [0, 0.1) is 5.92 Å². The maximum atomic E-state index is 10.5. The Labute approximate surface area is 82.2 Å². The van der Waals surface area contributed by atoms with Gasteiger partial charge in [-0.25, -0.2) is 0 Å². The zero-order valence-electron chi connectivity index (χ0n) is 6.93. The van der Waals surface area contributed by atoms with Gasteiger partial charge in [-0.15, -0.1) is 0 Å². The average molecular weight is 211 g/mol. The molecule has 1 unspecified atom stereocenters. The summed E-state index contributed by atoms with van der Waals surface area (Å²) in [6, 6.07) is 0. The maximum absolute atomic E-state index is 10.5. The fourth-order valence-corrected chi connectivity index (χ4v) is 2.00. The number of alkyl halides is 2. The van der Waals surface area contributed by atoms with Crippen LogP contribution in [0.1, 0.15) is 19.8 Å². The summed E-state index contributed by atoms with van der Waals surface area (Å²) in [6.45, 7) is 2.54. The number of halogens is 2. The second kappa shape index (κ2) is 3.95. The van der Waals surface area contributed by atoms with Crippen molar-refractivity contribution in [2.24, 2.45) is 5.92 Å². The van der Waals surface area contributed by atoms with Gasteiger partial charge in [-0.05, 0) is 6.42 Å². The Bertz CT molecular complexity index is 170. The van der Waals surface area contributed by atoms with Crippen molar-refractivity contribution in [3.05, 3.63) is 0 Å². The van der Waals surface area contributed by atoms with E-state index in [9.17, 15) is 4.79 Å². The quantitative estimate of drug-likeness (QED) is 0.528. The van der Waals surface area contributed by atoms with E-state index in [4.69, 9.17) is 27.9 Å². The molecule has 0 spiro atoms. The molecule has 0 aliphatic carbocycles. The molecule has 4 heteroatoms. The molecule has 1 aliphatic heterocycles. The summed E-state index contributed by atoms with van der Waals surface area (Å²) in [5.41, 5.74) is 0. The van der Waals surface area contributed by atoms with Crippen molar-refractivity contribution in [2.75, 3.05) is 6.61 Å². The fourth-order valence-electron chi connectivity index (χ4n) is 1.43. The minimum atomic E-state index is -1.02. The van der Waals surface area contributed by atoms with E-state index >= 15 is 0 Å². The van der Waals surface area contributed by atoms with Crippen molar-refractivity contribution < 1.29 is 9.53 Å². The molecule has 1 saturated heterocycles. The highest BCUT2D eigenvalue weighted by Gasteiger charge is 2.48. The zero-order valence-corrected chi connectivity index (χ0v) is 8.44. The highest BCUT2D eigenvalue weighted by molar-refractivity contribution is 6.50. The first-order valence-electron chi connectivity index (χ1n) is 4.07. The van der Waals surface area contributed by atoms with E-state index in [0.29, 0.717) is 12.9 Å². The smallest absolute Gasteiger partial charge is 0.156 e. The Hall–Kier alpha value is 0.210. The van der Waals surface area contributed by atoms with E-state index < -0.39 is 10.4 Å². The molecular formula is C8H12Cl2O2. The number of rotatable bonds is 3. The molecule has 0 aromatic rings. The first-order chi connectivity index (χ1) is 5.62. The molecule has 2 nitrogen and oxygen atoms in total. The summed E-state index contributed by atoms with van der Waals surface area (Å²) >= 11 is 12.0. The van der Waals surface area contributed by atoms with E-state index in [1.807, 2.05) is 0 Å². The van der Waals surface area contributed by atoms with Gasteiger partial charge in [0, 0.05) is 5.92 Å². The minimum Gasteiger partial charge on any atom is -0.367 e. The largest absolute Gasteiger partial charge is 0.367 e. The van der Waals surface area contributed by atoms with Crippen molar-refractivity contribution in [3.8, 4) is 0 Å². The summed E-state index contributed by atoms with van der Waals surface area (Å²) in [5, 5.41) is 0. The Morgan fingerprint density at radius 3 is 2.75 bits per heavy atom. The van der Waals surface area contributed by atoms with Gasteiger partial charge in [0.2, 0.25) is 0 Å². The fraction of sp³-hybridized carbons (Fsp3) is 0.875. The number of carbonyl (C=O) groups excluding carboxylic acids is 1. The SMILES string of the molecule is CCC[C@H]1COC(C=O)C1(Cl)Cl. The molecule has 1 fully saturated rings. The average Bonchev–Trinajstić information content (AvgIpc) is 2.28. The van der Waals surface area contributed by atoms with Gasteiger partial charge in [-0.3, -0.25) is 0 Å². The molecule has 1 aliphatic rings. The van der Waals surface area contributed by atoms with Gasteiger partial charge < -0.3 is 9.53 Å². The molecule has 0 radical (unpaired) electrons. The van der Waals surface area contributed by atoms with Gasteiger partial charge in [0.05, 0.1) is 6.61 Å². The van der Waals surface area contributed by atoms with Crippen LogP contribution in [0.15, 0.2) is 0 Å². The summed E-state index contributed by atoms with van der Waals surface area (Å²) in [6.07, 6.45) is 1.92. The van der Waals surface area contributed by atoms with Gasteiger partial charge >= 0.3 is 0 Å². The van der Waals surface area contributed by atoms with Gasteiger partial charge in [0.1, 0.15) is 6.10 Å². The van der Waals surface area contributed by atoms with Crippen molar-refractivity contribution in [3.63, 3.8) is 0 Å². The van der Waals surface area contributed by atoms with Crippen molar-refractivity contribution in [1.29, 1.82) is 0 Å². The second-order valence-electron chi connectivity index (χ2n) is 3.05. The second-order valence-corrected chi connectivity index (χ2v) is 4.49. The standard InChI is InChI=1S/C8H12Cl2O2/c1-2-3-6-5-12-7(4-11)8(6,9)10/h4,6-7H,2-3,5H2,1H3/t6-,7?/m0/s1. The van der Waals surface area contributed by atoms with Crippen LogP contribution < -0.4 is 0 Å². The lowest BCUT2D eigenvalue weighted by Gasteiger charge is -2.21. The summed E-state index contributed by atoms with van der Waals surface area (Å²) in [4.78, 5) is 10.5. The lowest BCUT2D eigenvalue weighted by Crippen LogP contribution is -2.33. The molecule has 0 bridgehead atoms. The molecule has 12 heavy (non-hydrogen) atoms. The van der Waals surface area contributed by atoms with Gasteiger partial charge in [0.25, 0.3) is 0 Å².